The fourth-order valence-electron chi connectivity index (χ4n) is 2.23. The Kier molecular flexibility index (Phi) is 4.65. The second-order valence-electron chi connectivity index (χ2n) is 4.95. The first-order valence-electron chi connectivity index (χ1n) is 7.04. The molecule has 0 radical (unpaired) electrons. The van der Waals surface area contributed by atoms with Gasteiger partial charge in [0.25, 0.3) is 5.91 Å². The van der Waals surface area contributed by atoms with E-state index >= 15 is 0 Å². The molecule has 4 nitrogen and oxygen atoms in total. The minimum absolute atomic E-state index is 0.153. The number of anilines is 1. The third-order valence-electron chi connectivity index (χ3n) is 3.46. The van der Waals surface area contributed by atoms with Crippen molar-refractivity contribution in [1.82, 2.24) is 0 Å². The summed E-state index contributed by atoms with van der Waals surface area (Å²) >= 11 is 6.61. The monoisotopic (exact) mass is 352 g/mol. The lowest BCUT2D eigenvalue weighted by atomic mass is 10.1. The van der Waals surface area contributed by atoms with Crippen LogP contribution in [-0.2, 0) is 4.79 Å². The number of thiocarbonyl (C=S) groups is 1. The molecule has 6 heteroatoms. The zero-order chi connectivity index (χ0) is 17.1. The number of methoxy groups -OCH3 is 1. The van der Waals surface area contributed by atoms with Gasteiger partial charge >= 0.3 is 0 Å². The molecule has 1 heterocycles. The number of nitrogens with zero attached hydrogens (tertiary/aromatic N) is 2. The summed E-state index contributed by atoms with van der Waals surface area (Å²) in [6.07, 6.45) is 1.78. The van der Waals surface area contributed by atoms with Crippen LogP contribution in [0.1, 0.15) is 11.1 Å². The summed E-state index contributed by atoms with van der Waals surface area (Å²) in [5.41, 5.74) is 2.14. The van der Waals surface area contributed by atoms with Gasteiger partial charge in [0.05, 0.1) is 29.3 Å². The minimum Gasteiger partial charge on any atom is -0.497 e. The van der Waals surface area contributed by atoms with Crippen LogP contribution in [0.15, 0.2) is 53.4 Å². The van der Waals surface area contributed by atoms with Crippen molar-refractivity contribution in [3.05, 3.63) is 64.6 Å². The zero-order valence-corrected chi connectivity index (χ0v) is 14.4. The molecule has 1 fully saturated rings. The van der Waals surface area contributed by atoms with Crippen molar-refractivity contribution < 1.29 is 9.53 Å². The third kappa shape index (κ3) is 3.18. The van der Waals surface area contributed by atoms with Crippen LogP contribution in [0.5, 0.6) is 5.75 Å². The highest BCUT2D eigenvalue weighted by molar-refractivity contribution is 8.27. The number of hydrogen-bond donors (Lipinski definition) is 0. The molecule has 1 aliphatic heterocycles. The summed E-state index contributed by atoms with van der Waals surface area (Å²) in [6, 6.07) is 16.3. The number of hydrogen-bond acceptors (Lipinski definition) is 5. The van der Waals surface area contributed by atoms with Gasteiger partial charge in [0, 0.05) is 0 Å². The maximum Gasteiger partial charge on any atom is 0.270 e. The Bertz CT molecular complexity index is 865. The SMILES string of the molecule is COc1ccc(N2C(=O)/C(=C\c3ccc(C#N)cc3)SC2=S)cc1. The summed E-state index contributed by atoms with van der Waals surface area (Å²) in [6.45, 7) is 0. The maximum atomic E-state index is 12.7. The Morgan fingerprint density at radius 2 is 1.83 bits per heavy atom. The molecule has 0 bridgehead atoms. The Balaban J connectivity index is 1.87. The molecular formula is C18H12N2O2S2. The van der Waals surface area contributed by atoms with Gasteiger partial charge in [-0.25, -0.2) is 0 Å². The number of carbonyl (C=O) groups excluding carboxylic acids is 1. The van der Waals surface area contributed by atoms with Crippen LogP contribution in [0.3, 0.4) is 0 Å². The van der Waals surface area contributed by atoms with E-state index in [1.165, 1.54) is 16.7 Å². The van der Waals surface area contributed by atoms with Crippen LogP contribution in [0.2, 0.25) is 0 Å². The number of thioether (sulfide) groups is 1. The first kappa shape index (κ1) is 16.2. The molecule has 0 atom stereocenters. The molecule has 1 aliphatic rings. The molecule has 0 spiro atoms. The molecule has 24 heavy (non-hydrogen) atoms. The standard InChI is InChI=1S/C18H12N2O2S2/c1-22-15-8-6-14(7-9-15)20-17(21)16(24-18(20)23)10-12-2-4-13(11-19)5-3-12/h2-10H,1H3/b16-10+. The molecule has 0 saturated carbocycles. The van der Waals surface area contributed by atoms with E-state index in [1.54, 1.807) is 61.7 Å². The predicted molar refractivity (Wildman–Crippen MR) is 99.8 cm³/mol. The van der Waals surface area contributed by atoms with Crippen molar-refractivity contribution >= 4 is 46.0 Å². The summed E-state index contributed by atoms with van der Waals surface area (Å²) in [5, 5.41) is 8.83. The molecule has 0 aliphatic carbocycles. The van der Waals surface area contributed by atoms with Gasteiger partial charge in [0.15, 0.2) is 4.32 Å². The van der Waals surface area contributed by atoms with Gasteiger partial charge in [-0.15, -0.1) is 0 Å². The average molecular weight is 352 g/mol. The molecule has 2 aromatic rings. The van der Waals surface area contributed by atoms with Gasteiger partial charge in [-0.2, -0.15) is 5.26 Å². The van der Waals surface area contributed by atoms with Crippen LogP contribution >= 0.6 is 24.0 Å². The number of rotatable bonds is 3. The Labute approximate surface area is 149 Å². The van der Waals surface area contributed by atoms with Gasteiger partial charge in [-0.3, -0.25) is 9.69 Å². The summed E-state index contributed by atoms with van der Waals surface area (Å²) in [5.74, 6) is 0.567. The van der Waals surface area contributed by atoms with Crippen molar-refractivity contribution in [3.8, 4) is 11.8 Å². The number of nitriles is 1. The Morgan fingerprint density at radius 3 is 2.42 bits per heavy atom. The van der Waals surface area contributed by atoms with Crippen molar-refractivity contribution in [3.63, 3.8) is 0 Å². The molecule has 0 unspecified atom stereocenters. The Morgan fingerprint density at radius 1 is 1.17 bits per heavy atom. The molecule has 2 aromatic carbocycles. The molecule has 1 amide bonds. The van der Waals surface area contributed by atoms with Crippen LogP contribution in [0, 0.1) is 11.3 Å². The fourth-order valence-corrected chi connectivity index (χ4v) is 3.53. The van der Waals surface area contributed by atoms with E-state index in [2.05, 4.69) is 6.07 Å². The van der Waals surface area contributed by atoms with Crippen molar-refractivity contribution in [2.75, 3.05) is 12.0 Å². The lowest BCUT2D eigenvalue weighted by molar-refractivity contribution is -0.113. The molecule has 3 rings (SSSR count). The quantitative estimate of drug-likeness (QED) is 0.618. The Hall–Kier alpha value is -2.62. The van der Waals surface area contributed by atoms with Crippen molar-refractivity contribution in [2.24, 2.45) is 0 Å². The van der Waals surface area contributed by atoms with Gasteiger partial charge in [0.1, 0.15) is 5.75 Å². The lowest BCUT2D eigenvalue weighted by Crippen LogP contribution is -2.27. The molecule has 1 saturated heterocycles. The van der Waals surface area contributed by atoms with Crippen molar-refractivity contribution in [1.29, 1.82) is 5.26 Å². The second-order valence-corrected chi connectivity index (χ2v) is 6.62. The van der Waals surface area contributed by atoms with Gasteiger partial charge in [-0.05, 0) is 48.0 Å². The van der Waals surface area contributed by atoms with Crippen molar-refractivity contribution in [2.45, 2.75) is 0 Å². The number of benzene rings is 2. The smallest absolute Gasteiger partial charge is 0.270 e. The lowest BCUT2D eigenvalue weighted by Gasteiger charge is -2.14. The number of ether oxygens (including phenoxy) is 1. The first-order chi connectivity index (χ1) is 11.6. The largest absolute Gasteiger partial charge is 0.497 e. The fraction of sp³-hybridized carbons (Fsp3) is 0.0556. The van der Waals surface area contributed by atoms with E-state index in [0.717, 1.165) is 11.3 Å². The minimum atomic E-state index is -0.153. The molecule has 0 aromatic heterocycles. The molecular weight excluding hydrogens is 340 g/mol. The highest BCUT2D eigenvalue weighted by Crippen LogP contribution is 2.36. The van der Waals surface area contributed by atoms with Crippen LogP contribution in [0.4, 0.5) is 5.69 Å². The van der Waals surface area contributed by atoms with Crippen LogP contribution in [0.25, 0.3) is 6.08 Å². The van der Waals surface area contributed by atoms with Gasteiger partial charge in [0.2, 0.25) is 0 Å². The number of carbonyl (C=O) groups is 1. The maximum absolute atomic E-state index is 12.7. The summed E-state index contributed by atoms with van der Waals surface area (Å²) in [4.78, 5) is 14.7. The topological polar surface area (TPSA) is 53.3 Å². The normalized spacial score (nSPS) is 15.7. The highest BCUT2D eigenvalue weighted by atomic mass is 32.2. The van der Waals surface area contributed by atoms with Crippen LogP contribution < -0.4 is 9.64 Å². The van der Waals surface area contributed by atoms with E-state index in [-0.39, 0.29) is 5.91 Å². The summed E-state index contributed by atoms with van der Waals surface area (Å²) < 4.78 is 5.62. The van der Waals surface area contributed by atoms with E-state index in [0.29, 0.717) is 20.5 Å². The third-order valence-corrected chi connectivity index (χ3v) is 4.76. The molecule has 0 N–H and O–H groups in total. The zero-order valence-electron chi connectivity index (χ0n) is 12.7. The summed E-state index contributed by atoms with van der Waals surface area (Å²) in [7, 11) is 1.59. The predicted octanol–water partition coefficient (Wildman–Crippen LogP) is 3.97. The average Bonchev–Trinajstić information content (AvgIpc) is 2.89. The van der Waals surface area contributed by atoms with Gasteiger partial charge < -0.3 is 4.74 Å². The highest BCUT2D eigenvalue weighted by Gasteiger charge is 2.33. The molecule has 118 valence electrons. The van der Waals surface area contributed by atoms with Crippen LogP contribution in [-0.4, -0.2) is 17.3 Å². The first-order valence-corrected chi connectivity index (χ1v) is 8.27. The van der Waals surface area contributed by atoms with E-state index < -0.39 is 0 Å². The van der Waals surface area contributed by atoms with E-state index in [9.17, 15) is 4.79 Å². The van der Waals surface area contributed by atoms with E-state index in [1.807, 2.05) is 0 Å². The van der Waals surface area contributed by atoms with Gasteiger partial charge in [-0.1, -0.05) is 36.1 Å². The number of amides is 1. The van der Waals surface area contributed by atoms with E-state index in [4.69, 9.17) is 22.2 Å². The second kappa shape index (κ2) is 6.87.